The van der Waals surface area contributed by atoms with Crippen LogP contribution in [0.15, 0.2) is 217 Å². The molecule has 1 spiro atoms. The molecule has 0 bridgehead atoms. The molecule has 0 aliphatic heterocycles. The van der Waals surface area contributed by atoms with E-state index in [0.29, 0.717) is 17.5 Å². The van der Waals surface area contributed by atoms with Gasteiger partial charge in [-0.1, -0.05) is 200 Å². The third-order valence-electron chi connectivity index (χ3n) is 13.0. The van der Waals surface area contributed by atoms with E-state index in [4.69, 9.17) is 19.4 Å². The van der Waals surface area contributed by atoms with Crippen LogP contribution in [-0.4, -0.2) is 15.0 Å². The van der Waals surface area contributed by atoms with Gasteiger partial charge in [-0.25, -0.2) is 15.0 Å². The van der Waals surface area contributed by atoms with Crippen molar-refractivity contribution < 1.29 is 4.42 Å². The molecule has 0 unspecified atom stereocenters. The van der Waals surface area contributed by atoms with Gasteiger partial charge >= 0.3 is 0 Å². The maximum Gasteiger partial charge on any atom is 0.164 e. The number of aromatic nitrogens is 3. The Morgan fingerprint density at radius 2 is 0.726 bits per heavy atom. The Bertz CT molecular complexity index is 3520. The summed E-state index contributed by atoms with van der Waals surface area (Å²) in [5.74, 6) is 1.86. The summed E-state index contributed by atoms with van der Waals surface area (Å²) >= 11 is 0. The smallest absolute Gasteiger partial charge is 0.164 e. The van der Waals surface area contributed by atoms with Crippen LogP contribution in [0.5, 0.6) is 0 Å². The van der Waals surface area contributed by atoms with E-state index < -0.39 is 5.41 Å². The molecule has 0 saturated heterocycles. The van der Waals surface area contributed by atoms with E-state index in [2.05, 4.69) is 176 Å². The molecule has 2 aliphatic rings. The van der Waals surface area contributed by atoms with E-state index in [9.17, 15) is 0 Å². The molecular weight excluding hydrogens is 755 g/mol. The Kier molecular flexibility index (Phi) is 7.49. The van der Waals surface area contributed by atoms with Crippen LogP contribution in [0, 0.1) is 0 Å². The Morgan fingerprint density at radius 3 is 1.40 bits per heavy atom. The molecule has 0 saturated carbocycles. The second-order valence-corrected chi connectivity index (χ2v) is 16.2. The molecule has 9 aromatic carbocycles. The monoisotopic (exact) mass is 789 g/mol. The van der Waals surface area contributed by atoms with Gasteiger partial charge in [0.1, 0.15) is 11.2 Å². The van der Waals surface area contributed by atoms with Crippen LogP contribution in [0.3, 0.4) is 0 Å². The maximum absolute atomic E-state index is 6.23. The zero-order valence-corrected chi connectivity index (χ0v) is 33.5. The van der Waals surface area contributed by atoms with Gasteiger partial charge in [0.05, 0.1) is 5.41 Å². The van der Waals surface area contributed by atoms with E-state index >= 15 is 0 Å². The molecule has 62 heavy (non-hydrogen) atoms. The molecule has 11 aromatic rings. The number of nitrogens with zero attached hydrogens (tertiary/aromatic N) is 3. The van der Waals surface area contributed by atoms with Crippen molar-refractivity contribution in [2.24, 2.45) is 0 Å². The summed E-state index contributed by atoms with van der Waals surface area (Å²) in [4.78, 5) is 15.7. The second-order valence-electron chi connectivity index (χ2n) is 16.2. The van der Waals surface area contributed by atoms with Crippen LogP contribution in [-0.2, 0) is 5.41 Å². The van der Waals surface area contributed by atoms with Crippen molar-refractivity contribution in [2.45, 2.75) is 5.41 Å². The lowest BCUT2D eigenvalue weighted by Gasteiger charge is -2.32. The van der Waals surface area contributed by atoms with Gasteiger partial charge in [0, 0.05) is 27.5 Å². The van der Waals surface area contributed by atoms with E-state index in [1.807, 2.05) is 36.4 Å². The first-order valence-electron chi connectivity index (χ1n) is 21.1. The number of fused-ring (bicyclic) bond motifs is 13. The van der Waals surface area contributed by atoms with Gasteiger partial charge in [-0.15, -0.1) is 0 Å². The molecule has 0 amide bonds. The Balaban J connectivity index is 1.00. The third kappa shape index (κ3) is 4.92. The maximum atomic E-state index is 6.23. The number of benzene rings is 9. The summed E-state index contributed by atoms with van der Waals surface area (Å²) in [6.45, 7) is 0. The molecule has 13 rings (SSSR count). The Labute approximate surface area is 358 Å². The first-order valence-corrected chi connectivity index (χ1v) is 21.1. The summed E-state index contributed by atoms with van der Waals surface area (Å²) in [7, 11) is 0. The van der Waals surface area contributed by atoms with Crippen LogP contribution < -0.4 is 0 Å². The largest absolute Gasteiger partial charge is 0.456 e. The zero-order valence-electron chi connectivity index (χ0n) is 33.5. The quantitative estimate of drug-likeness (QED) is 0.174. The van der Waals surface area contributed by atoms with E-state index in [1.54, 1.807) is 0 Å². The minimum atomic E-state index is -0.503. The highest BCUT2D eigenvalue weighted by Crippen LogP contribution is 2.64. The molecular formula is C58H35N3O. The fraction of sp³-hybridized carbons (Fsp3) is 0.0172. The van der Waals surface area contributed by atoms with Gasteiger partial charge in [-0.2, -0.15) is 0 Å². The van der Waals surface area contributed by atoms with Gasteiger partial charge < -0.3 is 4.42 Å². The molecule has 2 aliphatic carbocycles. The van der Waals surface area contributed by atoms with Crippen LogP contribution in [0.2, 0.25) is 0 Å². The summed E-state index contributed by atoms with van der Waals surface area (Å²) < 4.78 is 6.23. The van der Waals surface area contributed by atoms with Gasteiger partial charge in [-0.05, 0) is 78.9 Å². The van der Waals surface area contributed by atoms with Gasteiger partial charge in [0.25, 0.3) is 0 Å². The van der Waals surface area contributed by atoms with Gasteiger partial charge in [0.2, 0.25) is 0 Å². The van der Waals surface area contributed by atoms with Crippen molar-refractivity contribution in [3.05, 3.63) is 235 Å². The van der Waals surface area contributed by atoms with E-state index in [-0.39, 0.29) is 0 Å². The van der Waals surface area contributed by atoms with Crippen molar-refractivity contribution >= 4 is 21.9 Å². The molecule has 4 heteroatoms. The molecule has 2 heterocycles. The van der Waals surface area contributed by atoms with Crippen molar-refractivity contribution in [3.63, 3.8) is 0 Å². The van der Waals surface area contributed by atoms with Crippen molar-refractivity contribution in [2.75, 3.05) is 0 Å². The molecule has 0 atom stereocenters. The molecule has 4 nitrogen and oxygen atoms in total. The molecule has 0 N–H and O–H groups in total. The number of para-hydroxylation sites is 1. The fourth-order valence-corrected chi connectivity index (χ4v) is 10.4. The number of hydrogen-bond acceptors (Lipinski definition) is 4. The molecule has 0 radical (unpaired) electrons. The summed E-state index contributed by atoms with van der Waals surface area (Å²) in [5, 5.41) is 2.22. The lowest BCUT2D eigenvalue weighted by molar-refractivity contribution is 0.669. The van der Waals surface area contributed by atoms with Crippen LogP contribution in [0.1, 0.15) is 22.3 Å². The normalized spacial score (nSPS) is 13.0. The highest BCUT2D eigenvalue weighted by molar-refractivity contribution is 6.12. The summed E-state index contributed by atoms with van der Waals surface area (Å²) in [5.41, 5.74) is 18.8. The van der Waals surface area contributed by atoms with Crippen molar-refractivity contribution in [3.8, 4) is 78.7 Å². The lowest BCUT2D eigenvalue weighted by atomic mass is 9.68. The zero-order chi connectivity index (χ0) is 40.8. The summed E-state index contributed by atoms with van der Waals surface area (Å²) in [6, 6.07) is 75.6. The number of furan rings is 1. The van der Waals surface area contributed by atoms with Crippen LogP contribution >= 0.6 is 0 Å². The van der Waals surface area contributed by atoms with Crippen molar-refractivity contribution in [1.82, 2.24) is 15.0 Å². The third-order valence-corrected chi connectivity index (χ3v) is 13.0. The average molecular weight is 790 g/mol. The van der Waals surface area contributed by atoms with Crippen molar-refractivity contribution in [1.29, 1.82) is 0 Å². The minimum absolute atomic E-state index is 0.503. The van der Waals surface area contributed by atoms with Gasteiger partial charge in [-0.3, -0.25) is 0 Å². The predicted molar refractivity (Wildman–Crippen MR) is 251 cm³/mol. The van der Waals surface area contributed by atoms with Crippen LogP contribution in [0.25, 0.3) is 101 Å². The first-order chi connectivity index (χ1) is 30.8. The standard InChI is InChI=1S/C58H35N3O/c1-2-16-37(17-3-1)55-59-56(38-34-32-36(33-35-38)39-24-15-31-52-53(39)47-23-9-13-30-51(47)62-52)61-57(60-55)46-22-5-4-18-40(46)44-25-14-26-45-43-21-8-12-29-50(43)58(54(44)45)48-27-10-6-19-41(48)42-20-7-11-28-49(42)58/h1-35H. The fourth-order valence-electron chi connectivity index (χ4n) is 10.4. The average Bonchev–Trinajstić information content (AvgIpc) is 3.99. The first kappa shape index (κ1) is 34.6. The lowest BCUT2D eigenvalue weighted by Crippen LogP contribution is -2.26. The van der Waals surface area contributed by atoms with Gasteiger partial charge in [0.15, 0.2) is 17.5 Å². The Hall–Kier alpha value is -8.21. The highest BCUT2D eigenvalue weighted by Gasteiger charge is 2.52. The topological polar surface area (TPSA) is 51.8 Å². The second kappa shape index (κ2) is 13.4. The van der Waals surface area contributed by atoms with E-state index in [0.717, 1.165) is 60.9 Å². The van der Waals surface area contributed by atoms with E-state index in [1.165, 1.54) is 44.5 Å². The Morgan fingerprint density at radius 1 is 0.290 bits per heavy atom. The summed E-state index contributed by atoms with van der Waals surface area (Å²) in [6.07, 6.45) is 0. The highest BCUT2D eigenvalue weighted by atomic mass is 16.3. The molecule has 0 fully saturated rings. The number of rotatable bonds is 5. The SMILES string of the molecule is c1ccc(-c2nc(-c3ccc(-c4cccc5oc6ccccc6c45)cc3)nc(-c3ccccc3-c3cccc4c3C3(c5ccccc5-c5ccccc53)c3ccccc3-4)n2)cc1. The predicted octanol–water partition coefficient (Wildman–Crippen LogP) is 14.4. The molecule has 288 valence electrons. The number of hydrogen-bond donors (Lipinski definition) is 0. The van der Waals surface area contributed by atoms with Crippen LogP contribution in [0.4, 0.5) is 0 Å². The molecule has 2 aromatic heterocycles. The minimum Gasteiger partial charge on any atom is -0.456 e.